The molecule has 2 aromatic heterocycles. The molecule has 0 radical (unpaired) electrons. The molecule has 1 aliphatic rings. The van der Waals surface area contributed by atoms with Gasteiger partial charge in [-0.25, -0.2) is 14.8 Å². The van der Waals surface area contributed by atoms with Crippen LogP contribution in [0.4, 0.5) is 16.3 Å². The van der Waals surface area contributed by atoms with Crippen LogP contribution in [0.25, 0.3) is 16.6 Å². The number of halogens is 1. The van der Waals surface area contributed by atoms with Crippen molar-refractivity contribution in [1.29, 1.82) is 0 Å². The third-order valence-corrected chi connectivity index (χ3v) is 4.97. The highest BCUT2D eigenvalue weighted by Gasteiger charge is 2.23. The molecule has 0 unspecified atom stereocenters. The van der Waals surface area contributed by atoms with Crippen molar-refractivity contribution >= 4 is 40.1 Å². The Balaban J connectivity index is 1.76. The van der Waals surface area contributed by atoms with Gasteiger partial charge in [0.1, 0.15) is 12.1 Å². The first kappa shape index (κ1) is 18.1. The molecule has 0 bridgehead atoms. The van der Waals surface area contributed by atoms with Gasteiger partial charge in [0, 0.05) is 43.8 Å². The van der Waals surface area contributed by atoms with Crippen molar-refractivity contribution in [2.24, 2.45) is 0 Å². The van der Waals surface area contributed by atoms with Crippen LogP contribution in [-0.2, 0) is 0 Å². The molecule has 1 aromatic carbocycles. The van der Waals surface area contributed by atoms with E-state index in [0.717, 1.165) is 5.39 Å². The zero-order valence-electron chi connectivity index (χ0n) is 14.7. The molecule has 3 aromatic rings. The van der Waals surface area contributed by atoms with Crippen molar-refractivity contribution in [2.75, 3.05) is 36.8 Å². The lowest BCUT2D eigenvalue weighted by molar-refractivity contribution is 0.142. The Labute approximate surface area is 164 Å². The summed E-state index contributed by atoms with van der Waals surface area (Å²) in [5.41, 5.74) is 7.48. The lowest BCUT2D eigenvalue weighted by Crippen LogP contribution is -2.48. The van der Waals surface area contributed by atoms with Crippen LogP contribution in [0.2, 0.25) is 5.02 Å². The van der Waals surface area contributed by atoms with Gasteiger partial charge in [-0.2, -0.15) is 0 Å². The first-order valence-corrected chi connectivity index (χ1v) is 8.97. The number of hydrogen-bond donors (Lipinski definition) is 2. The Kier molecular flexibility index (Phi) is 4.52. The van der Waals surface area contributed by atoms with Crippen molar-refractivity contribution in [1.82, 2.24) is 19.4 Å². The summed E-state index contributed by atoms with van der Waals surface area (Å²) in [5.74, 6) is 0.687. The number of pyridine rings is 1. The molecule has 3 heterocycles. The lowest BCUT2D eigenvalue weighted by Gasteiger charge is -2.34. The molecule has 0 atom stereocenters. The molecule has 0 spiro atoms. The Morgan fingerprint density at radius 2 is 1.89 bits per heavy atom. The maximum absolute atomic E-state index is 12.2. The molecular weight excluding hydrogens is 384 g/mol. The predicted octanol–water partition coefficient (Wildman–Crippen LogP) is 1.82. The number of piperazine rings is 1. The average molecular weight is 401 g/mol. The number of rotatable bonds is 2. The van der Waals surface area contributed by atoms with E-state index in [1.165, 1.54) is 34.1 Å². The van der Waals surface area contributed by atoms with Gasteiger partial charge in [0.05, 0.1) is 21.9 Å². The maximum Gasteiger partial charge on any atom is 0.407 e. The maximum atomic E-state index is 12.2. The number of carbonyl (C=O) groups is 1. The van der Waals surface area contributed by atoms with Crippen LogP contribution in [0, 0.1) is 0 Å². The Morgan fingerprint density at radius 3 is 2.61 bits per heavy atom. The van der Waals surface area contributed by atoms with Crippen LogP contribution in [0.3, 0.4) is 0 Å². The minimum absolute atomic E-state index is 0.255. The number of nitrogens with two attached hydrogens (primary N) is 1. The molecule has 0 saturated carbocycles. The number of amides is 1. The average Bonchev–Trinajstić information content (AvgIpc) is 2.69. The number of hydrogen-bond acceptors (Lipinski definition) is 6. The molecule has 1 fully saturated rings. The summed E-state index contributed by atoms with van der Waals surface area (Å²) < 4.78 is 1.38. The molecule has 28 heavy (non-hydrogen) atoms. The van der Waals surface area contributed by atoms with E-state index in [0.29, 0.717) is 53.9 Å². The van der Waals surface area contributed by atoms with Crippen LogP contribution >= 0.6 is 11.6 Å². The standard InChI is InChI=1S/C18H17ClN6O3/c19-11-1-2-16(26)25(9-11)15-8-14-12(7-13(15)20)17(22-10-21-14)23-3-5-24(6-4-23)18(27)28/h1-2,7-10H,3-6,20H2,(H,27,28). The number of benzene rings is 1. The fourth-order valence-electron chi connectivity index (χ4n) is 3.31. The van der Waals surface area contributed by atoms with E-state index in [-0.39, 0.29) is 5.56 Å². The van der Waals surface area contributed by atoms with Gasteiger partial charge in [-0.1, -0.05) is 11.6 Å². The molecular formula is C18H17ClN6O3. The molecule has 144 valence electrons. The van der Waals surface area contributed by atoms with Gasteiger partial charge in [-0.15, -0.1) is 0 Å². The molecule has 0 aliphatic carbocycles. The third kappa shape index (κ3) is 3.20. The van der Waals surface area contributed by atoms with E-state index in [1.807, 2.05) is 4.90 Å². The number of aromatic nitrogens is 3. The fraction of sp³-hybridized carbons (Fsp3) is 0.222. The molecule has 9 nitrogen and oxygen atoms in total. The van der Waals surface area contributed by atoms with Crippen molar-refractivity contribution in [3.63, 3.8) is 0 Å². The first-order valence-electron chi connectivity index (χ1n) is 8.59. The molecule has 3 N–H and O–H groups in total. The van der Waals surface area contributed by atoms with Crippen molar-refractivity contribution in [2.45, 2.75) is 0 Å². The van der Waals surface area contributed by atoms with E-state index in [1.54, 1.807) is 12.1 Å². The van der Waals surface area contributed by atoms with Gasteiger partial charge in [-0.05, 0) is 18.2 Å². The Bertz CT molecular complexity index is 1120. The van der Waals surface area contributed by atoms with E-state index in [9.17, 15) is 9.59 Å². The highest BCUT2D eigenvalue weighted by Crippen LogP contribution is 2.29. The number of carboxylic acid groups (broad SMARTS) is 1. The zero-order valence-corrected chi connectivity index (χ0v) is 15.5. The summed E-state index contributed by atoms with van der Waals surface area (Å²) >= 11 is 6.02. The Hall–Kier alpha value is -3.33. The quantitative estimate of drug-likeness (QED) is 0.630. The van der Waals surface area contributed by atoms with Crippen LogP contribution in [0.5, 0.6) is 0 Å². The number of anilines is 2. The topological polar surface area (TPSA) is 118 Å². The molecule has 10 heteroatoms. The summed E-state index contributed by atoms with van der Waals surface area (Å²) in [4.78, 5) is 35.4. The van der Waals surface area contributed by atoms with Gasteiger partial charge in [0.15, 0.2) is 0 Å². The van der Waals surface area contributed by atoms with Crippen LogP contribution < -0.4 is 16.2 Å². The van der Waals surface area contributed by atoms with Gasteiger partial charge in [-0.3, -0.25) is 9.36 Å². The Morgan fingerprint density at radius 1 is 1.14 bits per heavy atom. The van der Waals surface area contributed by atoms with Gasteiger partial charge in [0.25, 0.3) is 5.56 Å². The van der Waals surface area contributed by atoms with Crippen LogP contribution in [0.1, 0.15) is 0 Å². The summed E-state index contributed by atoms with van der Waals surface area (Å²) in [7, 11) is 0. The minimum atomic E-state index is -0.923. The van der Waals surface area contributed by atoms with E-state index < -0.39 is 6.09 Å². The summed E-state index contributed by atoms with van der Waals surface area (Å²) in [6, 6.07) is 6.35. The fourth-order valence-corrected chi connectivity index (χ4v) is 3.48. The zero-order chi connectivity index (χ0) is 19.8. The molecule has 1 amide bonds. The third-order valence-electron chi connectivity index (χ3n) is 4.75. The van der Waals surface area contributed by atoms with E-state index in [4.69, 9.17) is 22.4 Å². The summed E-state index contributed by atoms with van der Waals surface area (Å²) in [5, 5.41) is 10.3. The second-order valence-electron chi connectivity index (χ2n) is 6.44. The van der Waals surface area contributed by atoms with E-state index >= 15 is 0 Å². The monoisotopic (exact) mass is 400 g/mol. The normalized spacial score (nSPS) is 14.5. The first-order chi connectivity index (χ1) is 13.4. The minimum Gasteiger partial charge on any atom is -0.465 e. The highest BCUT2D eigenvalue weighted by atomic mass is 35.5. The van der Waals surface area contributed by atoms with Crippen molar-refractivity contribution < 1.29 is 9.90 Å². The second-order valence-corrected chi connectivity index (χ2v) is 6.87. The van der Waals surface area contributed by atoms with Gasteiger partial charge < -0.3 is 20.6 Å². The van der Waals surface area contributed by atoms with Gasteiger partial charge in [0.2, 0.25) is 0 Å². The molecule has 1 saturated heterocycles. The number of fused-ring (bicyclic) bond motifs is 1. The highest BCUT2D eigenvalue weighted by molar-refractivity contribution is 6.30. The number of nitrogen functional groups attached to an aromatic ring is 1. The lowest BCUT2D eigenvalue weighted by atomic mass is 10.1. The van der Waals surface area contributed by atoms with Crippen molar-refractivity contribution in [3.05, 3.63) is 52.2 Å². The largest absolute Gasteiger partial charge is 0.465 e. The van der Waals surface area contributed by atoms with Crippen LogP contribution in [-0.4, -0.2) is 56.8 Å². The van der Waals surface area contributed by atoms with Gasteiger partial charge >= 0.3 is 6.09 Å². The van der Waals surface area contributed by atoms with E-state index in [2.05, 4.69) is 9.97 Å². The summed E-state index contributed by atoms with van der Waals surface area (Å²) in [6.45, 7) is 1.83. The molecule has 4 rings (SSSR count). The predicted molar refractivity (Wildman–Crippen MR) is 106 cm³/mol. The second kappa shape index (κ2) is 7.01. The molecule has 1 aliphatic heterocycles. The SMILES string of the molecule is Nc1cc2c(N3CCN(C(=O)O)CC3)ncnc2cc1-n1cc(Cl)ccc1=O. The van der Waals surface area contributed by atoms with Crippen molar-refractivity contribution in [3.8, 4) is 5.69 Å². The van der Waals surface area contributed by atoms with Crippen LogP contribution in [0.15, 0.2) is 41.6 Å². The summed E-state index contributed by atoms with van der Waals surface area (Å²) in [6.07, 6.45) is 2.03. The smallest absolute Gasteiger partial charge is 0.407 e. The number of nitrogens with zero attached hydrogens (tertiary/aromatic N) is 5.